The van der Waals surface area contributed by atoms with Gasteiger partial charge in [-0.2, -0.15) is 4.31 Å². The summed E-state index contributed by atoms with van der Waals surface area (Å²) in [6.07, 6.45) is 7.43. The van der Waals surface area contributed by atoms with Crippen LogP contribution in [0.2, 0.25) is 0 Å². The lowest BCUT2D eigenvalue weighted by Crippen LogP contribution is -2.43. The van der Waals surface area contributed by atoms with Gasteiger partial charge in [0.15, 0.2) is 0 Å². The first-order valence-electron chi connectivity index (χ1n) is 12.0. The van der Waals surface area contributed by atoms with Gasteiger partial charge in [0, 0.05) is 13.1 Å². The molecule has 0 aliphatic carbocycles. The van der Waals surface area contributed by atoms with E-state index in [1.165, 1.54) is 30.0 Å². The van der Waals surface area contributed by atoms with Crippen LogP contribution in [0.4, 0.5) is 0 Å². The topological polar surface area (TPSA) is 95.1 Å². The maximum Gasteiger partial charge on any atom is 0.243 e. The van der Waals surface area contributed by atoms with Crippen molar-refractivity contribution < 1.29 is 21.6 Å². The van der Waals surface area contributed by atoms with Crippen molar-refractivity contribution in [3.63, 3.8) is 0 Å². The highest BCUT2D eigenvalue weighted by Gasteiger charge is 2.58. The average Bonchev–Trinajstić information content (AvgIpc) is 3.16. The number of benzene rings is 1. The summed E-state index contributed by atoms with van der Waals surface area (Å²) in [4.78, 5) is 15.6. The summed E-state index contributed by atoms with van der Waals surface area (Å²) in [5.41, 5.74) is 1.08. The summed E-state index contributed by atoms with van der Waals surface area (Å²) >= 11 is 0. The second kappa shape index (κ2) is 9.64. The van der Waals surface area contributed by atoms with Crippen LogP contribution >= 0.6 is 0 Å². The Kier molecular flexibility index (Phi) is 7.19. The predicted molar refractivity (Wildman–Crippen MR) is 126 cm³/mol. The van der Waals surface area contributed by atoms with Crippen LogP contribution in [0, 0.1) is 5.92 Å². The molecule has 1 aromatic carbocycles. The van der Waals surface area contributed by atoms with Crippen molar-refractivity contribution in [1.82, 2.24) is 13.5 Å². The number of sulfonamides is 2. The van der Waals surface area contributed by atoms with Crippen LogP contribution in [-0.2, 0) is 31.4 Å². The molecule has 4 rings (SSSR count). The fraction of sp³-hybridized carbons (Fsp3) is 0.696. The van der Waals surface area contributed by atoms with Gasteiger partial charge in [0.05, 0.1) is 29.2 Å². The lowest BCUT2D eigenvalue weighted by Gasteiger charge is -2.27. The third-order valence-corrected chi connectivity index (χ3v) is 10.3. The average molecular weight is 498 g/mol. The quantitative estimate of drug-likeness (QED) is 0.574. The molecule has 3 atom stereocenters. The third-order valence-electron chi connectivity index (χ3n) is 7.21. The molecule has 0 spiro atoms. The van der Waals surface area contributed by atoms with Crippen molar-refractivity contribution in [2.45, 2.75) is 75.4 Å². The standard InChI is InChI=1S/C23H35N3O5S2/c1-3-8-20-22-21(26(23(20)27)32(2,28)29)13-16-25(22)33(30,31)19-11-9-18(10-12-19)17-24-14-6-4-5-7-15-24/h9-12,20-22H,3-8,13-17H2,1-2H3/t20-,21+,22-/m1/s1. The Labute approximate surface area is 198 Å². The number of amides is 1. The Morgan fingerprint density at radius 3 is 2.15 bits per heavy atom. The molecule has 0 bridgehead atoms. The number of carbonyl (C=O) groups is 1. The second-order valence-electron chi connectivity index (χ2n) is 9.59. The van der Waals surface area contributed by atoms with E-state index in [0.717, 1.165) is 35.8 Å². The number of carbonyl (C=O) groups excluding carboxylic acids is 1. The van der Waals surface area contributed by atoms with Gasteiger partial charge >= 0.3 is 0 Å². The van der Waals surface area contributed by atoms with Crippen molar-refractivity contribution in [2.24, 2.45) is 5.92 Å². The molecule has 184 valence electrons. The summed E-state index contributed by atoms with van der Waals surface area (Å²) in [6.45, 7) is 5.08. The lowest BCUT2D eigenvalue weighted by atomic mass is 9.95. The van der Waals surface area contributed by atoms with E-state index in [-0.39, 0.29) is 11.4 Å². The molecule has 3 heterocycles. The van der Waals surface area contributed by atoms with Gasteiger partial charge in [-0.1, -0.05) is 38.3 Å². The smallest absolute Gasteiger partial charge is 0.243 e. The van der Waals surface area contributed by atoms with E-state index in [2.05, 4.69) is 4.90 Å². The normalized spacial score (nSPS) is 27.6. The first kappa shape index (κ1) is 24.6. The molecule has 3 aliphatic rings. The SMILES string of the molecule is CCC[C@H]1C(=O)N(S(C)(=O)=O)[C@H]2CCN(S(=O)(=O)c3ccc(CN4CCCCCC4)cc3)[C@H]12. The van der Waals surface area contributed by atoms with Crippen LogP contribution < -0.4 is 0 Å². The van der Waals surface area contributed by atoms with Crippen molar-refractivity contribution in [2.75, 3.05) is 25.9 Å². The molecule has 1 amide bonds. The fourth-order valence-electron chi connectivity index (χ4n) is 5.72. The maximum atomic E-state index is 13.6. The molecule has 0 radical (unpaired) electrons. The Bertz CT molecular complexity index is 1060. The number of rotatable bonds is 7. The van der Waals surface area contributed by atoms with E-state index in [4.69, 9.17) is 0 Å². The van der Waals surface area contributed by atoms with Crippen LogP contribution in [0.3, 0.4) is 0 Å². The summed E-state index contributed by atoms with van der Waals surface area (Å²) in [6, 6.07) is 5.77. The molecule has 8 nitrogen and oxygen atoms in total. The highest BCUT2D eigenvalue weighted by molar-refractivity contribution is 7.89. The molecule has 0 N–H and O–H groups in total. The minimum absolute atomic E-state index is 0.197. The zero-order valence-electron chi connectivity index (χ0n) is 19.5. The molecule has 0 unspecified atom stereocenters. The molecule has 0 aromatic heterocycles. The van der Waals surface area contributed by atoms with E-state index in [0.29, 0.717) is 19.3 Å². The fourth-order valence-corrected chi connectivity index (χ4v) is 8.61. The van der Waals surface area contributed by atoms with Crippen molar-refractivity contribution in [1.29, 1.82) is 0 Å². The van der Waals surface area contributed by atoms with Gasteiger partial charge in [-0.05, 0) is 56.5 Å². The second-order valence-corrected chi connectivity index (χ2v) is 13.3. The minimum Gasteiger partial charge on any atom is -0.299 e. The van der Waals surface area contributed by atoms with E-state index < -0.39 is 44.0 Å². The van der Waals surface area contributed by atoms with E-state index in [1.807, 2.05) is 19.1 Å². The first-order chi connectivity index (χ1) is 15.6. The van der Waals surface area contributed by atoms with Crippen molar-refractivity contribution in [3.8, 4) is 0 Å². The highest BCUT2D eigenvalue weighted by Crippen LogP contribution is 2.42. The largest absolute Gasteiger partial charge is 0.299 e. The summed E-state index contributed by atoms with van der Waals surface area (Å²) in [5.74, 6) is -1.10. The Morgan fingerprint density at radius 2 is 1.58 bits per heavy atom. The number of fused-ring (bicyclic) bond motifs is 1. The zero-order valence-corrected chi connectivity index (χ0v) is 21.2. The number of hydrogen-bond donors (Lipinski definition) is 0. The lowest BCUT2D eigenvalue weighted by molar-refractivity contribution is -0.128. The number of likely N-dealkylation sites (tertiary alicyclic amines) is 1. The van der Waals surface area contributed by atoms with Crippen LogP contribution in [0.5, 0.6) is 0 Å². The van der Waals surface area contributed by atoms with E-state index in [9.17, 15) is 21.6 Å². The zero-order chi connectivity index (χ0) is 23.8. The number of nitrogens with zero attached hydrogens (tertiary/aromatic N) is 3. The van der Waals surface area contributed by atoms with Crippen molar-refractivity contribution in [3.05, 3.63) is 29.8 Å². The summed E-state index contributed by atoms with van der Waals surface area (Å²) in [7, 11) is -7.60. The first-order valence-corrected chi connectivity index (χ1v) is 15.3. The van der Waals surface area contributed by atoms with Gasteiger partial charge < -0.3 is 0 Å². The Hall–Kier alpha value is -1.49. The summed E-state index contributed by atoms with van der Waals surface area (Å²) in [5, 5.41) is 0. The molecule has 0 saturated carbocycles. The van der Waals surface area contributed by atoms with Gasteiger partial charge in [0.1, 0.15) is 0 Å². The minimum atomic E-state index is -3.85. The van der Waals surface area contributed by atoms with Gasteiger partial charge in [-0.15, -0.1) is 0 Å². The van der Waals surface area contributed by atoms with Gasteiger partial charge in [0.25, 0.3) is 0 Å². The van der Waals surface area contributed by atoms with E-state index >= 15 is 0 Å². The molecule has 10 heteroatoms. The van der Waals surface area contributed by atoms with Gasteiger partial charge in [-0.25, -0.2) is 21.1 Å². The summed E-state index contributed by atoms with van der Waals surface area (Å²) < 4.78 is 54.1. The van der Waals surface area contributed by atoms with E-state index in [1.54, 1.807) is 12.1 Å². The highest BCUT2D eigenvalue weighted by atomic mass is 32.2. The van der Waals surface area contributed by atoms with Crippen molar-refractivity contribution >= 4 is 26.0 Å². The van der Waals surface area contributed by atoms with Gasteiger partial charge in [0.2, 0.25) is 26.0 Å². The Morgan fingerprint density at radius 1 is 0.939 bits per heavy atom. The monoisotopic (exact) mass is 497 g/mol. The van der Waals surface area contributed by atoms with Gasteiger partial charge in [-0.3, -0.25) is 9.69 Å². The third kappa shape index (κ3) is 4.85. The molecular weight excluding hydrogens is 462 g/mol. The van der Waals surface area contributed by atoms with Crippen LogP contribution in [0.1, 0.15) is 57.4 Å². The van der Waals surface area contributed by atoms with Crippen LogP contribution in [0.15, 0.2) is 29.2 Å². The molecule has 1 aromatic rings. The molecule has 33 heavy (non-hydrogen) atoms. The predicted octanol–water partition coefficient (Wildman–Crippen LogP) is 2.41. The van der Waals surface area contributed by atoms with Crippen LogP contribution in [-0.4, -0.2) is 74.2 Å². The molecule has 3 aliphatic heterocycles. The number of hydrogen-bond acceptors (Lipinski definition) is 6. The maximum absolute atomic E-state index is 13.6. The van der Waals surface area contributed by atoms with Crippen LogP contribution in [0.25, 0.3) is 0 Å². The molecule has 3 saturated heterocycles. The Balaban J connectivity index is 1.56. The molecular formula is C23H35N3O5S2. The molecule has 3 fully saturated rings.